The summed E-state index contributed by atoms with van der Waals surface area (Å²) in [5.74, 6) is -0.814. The van der Waals surface area contributed by atoms with E-state index in [1.54, 1.807) is 30.3 Å². The second-order valence-electron chi connectivity index (χ2n) is 8.87. The van der Waals surface area contributed by atoms with Crippen LogP contribution in [0.1, 0.15) is 29.5 Å². The van der Waals surface area contributed by atoms with Crippen LogP contribution in [0.3, 0.4) is 0 Å². The molecular formula is C25H21ClF4N3O2+. The third-order valence-electron chi connectivity index (χ3n) is 6.56. The molecule has 1 saturated carbocycles. The highest BCUT2D eigenvalue weighted by Gasteiger charge is 2.60. The Bertz CT molecular complexity index is 1260. The number of urea groups is 1. The van der Waals surface area contributed by atoms with Gasteiger partial charge in [0, 0.05) is 27.4 Å². The normalized spacial score (nSPS) is 20.2. The lowest BCUT2D eigenvalue weighted by Gasteiger charge is -2.52. The number of pyridine rings is 1. The van der Waals surface area contributed by atoms with E-state index in [1.165, 1.54) is 41.6 Å². The van der Waals surface area contributed by atoms with Gasteiger partial charge in [-0.1, -0.05) is 23.7 Å². The van der Waals surface area contributed by atoms with Crippen LogP contribution in [-0.4, -0.2) is 28.9 Å². The topological polar surface area (TPSA) is 47.7 Å². The molecule has 0 radical (unpaired) electrons. The summed E-state index contributed by atoms with van der Waals surface area (Å²) in [4.78, 5) is 16.1. The third kappa shape index (κ3) is 4.18. The smallest absolute Gasteiger partial charge is 0.301 e. The van der Waals surface area contributed by atoms with Crippen LogP contribution < -0.4 is 9.63 Å². The van der Waals surface area contributed by atoms with Crippen LogP contribution in [-0.2, 0) is 12.1 Å². The Balaban J connectivity index is 1.75. The summed E-state index contributed by atoms with van der Waals surface area (Å²) < 4.78 is 56.5. The predicted octanol–water partition coefficient (Wildman–Crippen LogP) is 5.66. The lowest BCUT2D eigenvalue weighted by molar-refractivity contribution is -0.904. The first kappa shape index (κ1) is 23.4. The summed E-state index contributed by atoms with van der Waals surface area (Å²) in [5, 5.41) is 9.83. The van der Waals surface area contributed by atoms with Crippen molar-refractivity contribution < 1.29 is 32.3 Å². The minimum atomic E-state index is -4.67. The van der Waals surface area contributed by atoms with Crippen LogP contribution >= 0.6 is 11.6 Å². The number of hydrogen-bond donors (Lipinski definition) is 1. The summed E-state index contributed by atoms with van der Waals surface area (Å²) in [7, 11) is 0. The van der Waals surface area contributed by atoms with Crippen molar-refractivity contribution in [2.75, 3.05) is 11.4 Å². The Kier molecular flexibility index (Phi) is 5.62. The molecule has 0 spiro atoms. The van der Waals surface area contributed by atoms with Crippen molar-refractivity contribution in [2.24, 2.45) is 5.92 Å². The van der Waals surface area contributed by atoms with Crippen LogP contribution in [0.5, 0.6) is 0 Å². The average molecular weight is 507 g/mol. The fourth-order valence-electron chi connectivity index (χ4n) is 5.05. The monoisotopic (exact) mass is 506 g/mol. The number of amides is 2. The minimum absolute atomic E-state index is 0.0210. The highest BCUT2D eigenvalue weighted by molar-refractivity contribution is 6.30. The van der Waals surface area contributed by atoms with Gasteiger partial charge >= 0.3 is 12.2 Å². The molecule has 1 N–H and O–H groups in total. The van der Waals surface area contributed by atoms with Gasteiger partial charge in [-0.3, -0.25) is 10.1 Å². The van der Waals surface area contributed by atoms with Crippen molar-refractivity contribution >= 4 is 23.3 Å². The van der Waals surface area contributed by atoms with Crippen LogP contribution in [0, 0.1) is 11.7 Å². The largest absolute Gasteiger partial charge is 0.406 e. The van der Waals surface area contributed by atoms with Crippen LogP contribution in [0.2, 0.25) is 5.02 Å². The molecule has 1 aromatic heterocycles. The maximum atomic E-state index is 13.9. The van der Waals surface area contributed by atoms with E-state index in [0.717, 1.165) is 9.63 Å². The van der Waals surface area contributed by atoms with Crippen LogP contribution in [0.4, 0.5) is 28.0 Å². The summed E-state index contributed by atoms with van der Waals surface area (Å²) in [6.45, 7) is -1.50. The van der Waals surface area contributed by atoms with Gasteiger partial charge in [-0.15, -0.1) is 0 Å². The number of anilines is 1. The Morgan fingerprint density at radius 3 is 2.31 bits per heavy atom. The van der Waals surface area contributed by atoms with E-state index in [4.69, 9.17) is 11.6 Å². The zero-order valence-electron chi connectivity index (χ0n) is 18.3. The predicted molar refractivity (Wildman–Crippen MR) is 120 cm³/mol. The number of hydrogen-bond acceptors (Lipinski definition) is 2. The molecule has 0 bridgehead atoms. The maximum Gasteiger partial charge on any atom is 0.406 e. The zero-order chi connectivity index (χ0) is 25.0. The van der Waals surface area contributed by atoms with Gasteiger partial charge in [-0.2, -0.15) is 13.2 Å². The molecule has 2 amide bonds. The second kappa shape index (κ2) is 8.41. The highest BCUT2D eigenvalue weighted by Crippen LogP contribution is 2.58. The van der Waals surface area contributed by atoms with Crippen LogP contribution in [0.25, 0.3) is 0 Å². The Morgan fingerprint density at radius 2 is 1.71 bits per heavy atom. The van der Waals surface area contributed by atoms with Crippen molar-refractivity contribution in [2.45, 2.75) is 31.1 Å². The highest BCUT2D eigenvalue weighted by atomic mass is 35.5. The molecule has 1 fully saturated rings. The van der Waals surface area contributed by atoms with Gasteiger partial charge in [-0.25, -0.2) is 9.18 Å². The molecule has 2 aliphatic rings. The van der Waals surface area contributed by atoms with Gasteiger partial charge < -0.3 is 4.90 Å². The van der Waals surface area contributed by atoms with Gasteiger partial charge in [0.2, 0.25) is 12.4 Å². The summed E-state index contributed by atoms with van der Waals surface area (Å²) in [6, 6.07) is 12.4. The van der Waals surface area contributed by atoms with Crippen molar-refractivity contribution in [3.8, 4) is 0 Å². The van der Waals surface area contributed by atoms with E-state index in [0.29, 0.717) is 40.2 Å². The van der Waals surface area contributed by atoms with E-state index in [9.17, 15) is 27.6 Å². The summed E-state index contributed by atoms with van der Waals surface area (Å²) in [6.07, 6.45) is -0.715. The molecule has 2 heterocycles. The fraction of sp³-hybridized carbons (Fsp3) is 0.280. The first-order valence-electron chi connectivity index (χ1n) is 11.0. The molecule has 1 atom stereocenters. The number of halogens is 5. The number of carbonyl (C=O) groups excluding carboxylic acids is 1. The van der Waals surface area contributed by atoms with Crippen molar-refractivity contribution in [3.05, 3.63) is 94.5 Å². The van der Waals surface area contributed by atoms with E-state index < -0.39 is 30.1 Å². The van der Waals surface area contributed by atoms with Gasteiger partial charge in [0.05, 0.1) is 12.2 Å². The maximum absolute atomic E-state index is 13.9. The molecule has 5 rings (SSSR count). The number of benzene rings is 2. The average Bonchev–Trinajstić information content (AvgIpc) is 3.64. The molecule has 0 saturated heterocycles. The lowest BCUT2D eigenvalue weighted by atomic mass is 9.74. The van der Waals surface area contributed by atoms with Crippen molar-refractivity contribution in [1.82, 2.24) is 4.90 Å². The van der Waals surface area contributed by atoms with E-state index in [1.807, 2.05) is 0 Å². The minimum Gasteiger partial charge on any atom is -0.301 e. The number of fused-ring (bicyclic) bond motifs is 1. The van der Waals surface area contributed by atoms with Gasteiger partial charge in [0.15, 0.2) is 0 Å². The second-order valence-corrected chi connectivity index (χ2v) is 9.30. The Labute approximate surface area is 203 Å². The molecule has 1 aliphatic heterocycles. The SMILES string of the molecule is O=C1N(Cc2cc[n+](O)cc2)c2ccc(Cl)cc2C(c2ccc(F)cc2)(C2CC2)N1CC(F)(F)F. The number of aromatic nitrogens is 1. The molecule has 1 unspecified atom stereocenters. The standard InChI is InChI=1S/C25H21ClF4N3O2/c26-19-5-8-22-21(13-19)25(17-1-2-17,18-3-6-20(27)7-4-18)33(15-24(28,29)30)23(34)32(22)14-16-9-11-31(35)12-10-16/h3-13,17,35H,1-2,14-15H2/q+1. The van der Waals surface area contributed by atoms with Crippen LogP contribution in [0.15, 0.2) is 67.0 Å². The number of carbonyl (C=O) groups is 1. The first-order valence-corrected chi connectivity index (χ1v) is 11.4. The number of alkyl halides is 3. The fourth-order valence-corrected chi connectivity index (χ4v) is 5.22. The van der Waals surface area contributed by atoms with Crippen molar-refractivity contribution in [3.63, 3.8) is 0 Å². The molecule has 182 valence electrons. The number of rotatable bonds is 5. The quantitative estimate of drug-likeness (QED) is 0.276. The van der Waals surface area contributed by atoms with E-state index in [-0.39, 0.29) is 12.5 Å². The summed E-state index contributed by atoms with van der Waals surface area (Å²) >= 11 is 6.35. The molecule has 3 aromatic rings. The van der Waals surface area contributed by atoms with E-state index >= 15 is 0 Å². The molecule has 5 nitrogen and oxygen atoms in total. The zero-order valence-corrected chi connectivity index (χ0v) is 19.1. The third-order valence-corrected chi connectivity index (χ3v) is 6.80. The molecule has 2 aromatic carbocycles. The van der Waals surface area contributed by atoms with Gasteiger partial charge in [0.1, 0.15) is 17.9 Å². The molecular weight excluding hydrogens is 486 g/mol. The van der Waals surface area contributed by atoms with Gasteiger partial charge in [0.25, 0.3) is 0 Å². The molecule has 35 heavy (non-hydrogen) atoms. The van der Waals surface area contributed by atoms with Gasteiger partial charge in [-0.05, 0) is 60.2 Å². The number of nitrogens with zero attached hydrogens (tertiary/aromatic N) is 3. The summed E-state index contributed by atoms with van der Waals surface area (Å²) in [5.41, 5.74) is 0.466. The molecule has 1 aliphatic carbocycles. The lowest BCUT2D eigenvalue weighted by Crippen LogP contribution is -2.62. The first-order chi connectivity index (χ1) is 16.6. The van der Waals surface area contributed by atoms with Crippen molar-refractivity contribution in [1.29, 1.82) is 0 Å². The Morgan fingerprint density at radius 1 is 1.06 bits per heavy atom. The van der Waals surface area contributed by atoms with E-state index in [2.05, 4.69) is 0 Å². The Hall–Kier alpha value is -3.33. The molecule has 10 heteroatoms.